The van der Waals surface area contributed by atoms with Crippen molar-refractivity contribution in [3.05, 3.63) is 87.8 Å². The summed E-state index contributed by atoms with van der Waals surface area (Å²) in [6.45, 7) is 3.15. The standard InChI is InChI=1S/C28H22ClF3N8O/c1-15-3-5-18(36-26(41)16-4-6-23(29)22(10-16)28(30,31)32)11-20(15)21-9-17-12-34-27(37-19-13-35-39(2)14-19)38-24(17)40-8-7-33-25(21)40/h3-6,9-14H,7-8H2,1-2H3,(H,36,41)(H,34,37,38). The van der Waals surface area contributed by atoms with Crippen LogP contribution in [0.3, 0.4) is 0 Å². The Labute approximate surface area is 237 Å². The normalized spacial score (nSPS) is 14.2. The summed E-state index contributed by atoms with van der Waals surface area (Å²) in [5, 5.41) is 9.54. The van der Waals surface area contributed by atoms with Crippen LogP contribution in [0.5, 0.6) is 0 Å². The third-order valence-electron chi connectivity index (χ3n) is 6.71. The number of alkyl halides is 3. The molecule has 0 unspecified atom stereocenters. The topological polar surface area (TPSA) is 100 Å². The predicted molar refractivity (Wildman–Crippen MR) is 152 cm³/mol. The van der Waals surface area contributed by atoms with Crippen LogP contribution in [0.1, 0.15) is 32.6 Å². The number of nitrogens with zero attached hydrogens (tertiary/aromatic N) is 6. The summed E-state index contributed by atoms with van der Waals surface area (Å²) in [5.41, 5.74) is 3.31. The Balaban J connectivity index is 1.31. The van der Waals surface area contributed by atoms with Crippen LogP contribution in [0, 0.1) is 6.92 Å². The van der Waals surface area contributed by atoms with Gasteiger partial charge in [0, 0.05) is 48.4 Å². The predicted octanol–water partition coefficient (Wildman–Crippen LogP) is 5.96. The highest BCUT2D eigenvalue weighted by Gasteiger charge is 2.34. The zero-order chi connectivity index (χ0) is 28.9. The quantitative estimate of drug-likeness (QED) is 0.303. The molecule has 2 aromatic heterocycles. The molecule has 2 aromatic carbocycles. The van der Waals surface area contributed by atoms with E-state index >= 15 is 0 Å². The third kappa shape index (κ3) is 5.13. The molecule has 0 fully saturated rings. The molecule has 0 bridgehead atoms. The van der Waals surface area contributed by atoms with Gasteiger partial charge in [0.15, 0.2) is 0 Å². The van der Waals surface area contributed by atoms with Crippen LogP contribution in [-0.4, -0.2) is 44.6 Å². The molecule has 0 spiro atoms. The number of benzene rings is 2. The Morgan fingerprint density at radius 3 is 2.68 bits per heavy atom. The van der Waals surface area contributed by atoms with E-state index in [9.17, 15) is 18.0 Å². The smallest absolute Gasteiger partial charge is 0.322 e. The summed E-state index contributed by atoms with van der Waals surface area (Å²) in [7, 11) is 1.82. The molecule has 0 aliphatic carbocycles. The monoisotopic (exact) mass is 578 g/mol. The Bertz CT molecular complexity index is 1760. The van der Waals surface area contributed by atoms with E-state index in [1.54, 1.807) is 29.2 Å². The van der Waals surface area contributed by atoms with Crippen molar-refractivity contribution in [3.63, 3.8) is 0 Å². The molecular weight excluding hydrogens is 557 g/mol. The van der Waals surface area contributed by atoms with E-state index in [0.717, 1.165) is 51.7 Å². The Hall–Kier alpha value is -4.71. The minimum atomic E-state index is -4.68. The first-order chi connectivity index (χ1) is 19.6. The van der Waals surface area contributed by atoms with Gasteiger partial charge >= 0.3 is 6.18 Å². The molecule has 2 N–H and O–H groups in total. The molecule has 4 heterocycles. The van der Waals surface area contributed by atoms with Crippen molar-refractivity contribution < 1.29 is 18.0 Å². The Kier molecular flexibility index (Phi) is 6.49. The summed E-state index contributed by atoms with van der Waals surface area (Å²) in [6.07, 6.45) is 2.50. The Morgan fingerprint density at radius 2 is 1.93 bits per heavy atom. The van der Waals surface area contributed by atoms with Crippen molar-refractivity contribution in [3.8, 4) is 0 Å². The van der Waals surface area contributed by atoms with Gasteiger partial charge in [-0.25, -0.2) is 4.98 Å². The first kappa shape index (κ1) is 26.5. The lowest BCUT2D eigenvalue weighted by Crippen LogP contribution is -2.32. The fourth-order valence-corrected chi connectivity index (χ4v) is 4.98. The molecule has 4 aromatic rings. The molecule has 13 heteroatoms. The first-order valence-electron chi connectivity index (χ1n) is 12.5. The van der Waals surface area contributed by atoms with Gasteiger partial charge in [-0.1, -0.05) is 17.7 Å². The lowest BCUT2D eigenvalue weighted by molar-refractivity contribution is -0.137. The largest absolute Gasteiger partial charge is 0.417 e. The average molecular weight is 579 g/mol. The van der Waals surface area contributed by atoms with Gasteiger partial charge in [-0.2, -0.15) is 23.3 Å². The van der Waals surface area contributed by atoms with Crippen LogP contribution in [0.2, 0.25) is 5.02 Å². The van der Waals surface area contributed by atoms with Gasteiger partial charge in [-0.15, -0.1) is 0 Å². The number of aliphatic imine (C=N–C) groups is 1. The number of aryl methyl sites for hydroxylation is 2. The maximum Gasteiger partial charge on any atom is 0.417 e. The van der Waals surface area contributed by atoms with Crippen molar-refractivity contribution in [1.29, 1.82) is 0 Å². The second kappa shape index (κ2) is 10.0. The molecule has 6 rings (SSSR count). The van der Waals surface area contributed by atoms with Gasteiger partial charge in [0.2, 0.25) is 5.95 Å². The number of halogens is 4. The van der Waals surface area contributed by atoms with Crippen LogP contribution in [0.25, 0.3) is 11.6 Å². The lowest BCUT2D eigenvalue weighted by atomic mass is 9.94. The maximum atomic E-state index is 13.3. The number of anilines is 4. The molecule has 0 saturated carbocycles. The molecule has 9 nitrogen and oxygen atoms in total. The van der Waals surface area contributed by atoms with Crippen LogP contribution < -0.4 is 15.5 Å². The van der Waals surface area contributed by atoms with Gasteiger partial charge in [0.1, 0.15) is 11.7 Å². The number of amides is 1. The average Bonchev–Trinajstić information content (AvgIpc) is 3.58. The highest BCUT2D eigenvalue weighted by Crippen LogP contribution is 2.38. The molecular formula is C28H22ClF3N8O. The number of amidine groups is 1. The van der Waals surface area contributed by atoms with Gasteiger partial charge in [-0.3, -0.25) is 14.5 Å². The van der Waals surface area contributed by atoms with Crippen molar-refractivity contribution in [2.24, 2.45) is 12.0 Å². The maximum absolute atomic E-state index is 13.3. The number of carbonyl (C=O) groups is 1. The van der Waals surface area contributed by atoms with E-state index in [1.807, 2.05) is 37.2 Å². The van der Waals surface area contributed by atoms with E-state index in [4.69, 9.17) is 21.6 Å². The van der Waals surface area contributed by atoms with Gasteiger partial charge in [0.25, 0.3) is 5.91 Å². The molecule has 1 amide bonds. The second-order valence-corrected chi connectivity index (χ2v) is 10.00. The molecule has 0 atom stereocenters. The summed E-state index contributed by atoms with van der Waals surface area (Å²) in [6, 6.07) is 8.38. The second-order valence-electron chi connectivity index (χ2n) is 9.59. The van der Waals surface area contributed by atoms with E-state index < -0.39 is 22.7 Å². The van der Waals surface area contributed by atoms with Crippen LogP contribution in [0.4, 0.5) is 36.3 Å². The van der Waals surface area contributed by atoms with E-state index in [1.165, 1.54) is 6.07 Å². The van der Waals surface area contributed by atoms with Crippen molar-refractivity contribution in [2.75, 3.05) is 28.6 Å². The SMILES string of the molecule is Cc1ccc(NC(=O)c2ccc(Cl)c(C(F)(F)F)c2)cc1C1=Cc2cnc(Nc3cnn(C)c3)nc2N2CCN=C12. The van der Waals surface area contributed by atoms with Gasteiger partial charge in [-0.05, 0) is 54.5 Å². The van der Waals surface area contributed by atoms with Crippen molar-refractivity contribution in [1.82, 2.24) is 19.7 Å². The lowest BCUT2D eigenvalue weighted by Gasteiger charge is -2.28. The zero-order valence-corrected chi connectivity index (χ0v) is 22.5. The Morgan fingerprint density at radius 1 is 1.10 bits per heavy atom. The highest BCUT2D eigenvalue weighted by molar-refractivity contribution is 6.36. The van der Waals surface area contributed by atoms with Crippen LogP contribution in [-0.2, 0) is 13.2 Å². The van der Waals surface area contributed by atoms with Crippen molar-refractivity contribution in [2.45, 2.75) is 13.1 Å². The molecule has 2 aliphatic rings. The number of rotatable bonds is 5. The first-order valence-corrected chi connectivity index (χ1v) is 12.9. The number of nitrogens with one attached hydrogen (secondary N) is 2. The highest BCUT2D eigenvalue weighted by atomic mass is 35.5. The van der Waals surface area contributed by atoms with E-state index in [-0.39, 0.29) is 5.56 Å². The number of hydrogen-bond donors (Lipinski definition) is 2. The molecule has 2 aliphatic heterocycles. The minimum absolute atomic E-state index is 0.158. The fourth-order valence-electron chi connectivity index (χ4n) is 4.75. The van der Waals surface area contributed by atoms with Gasteiger partial charge < -0.3 is 15.5 Å². The number of hydrogen-bond acceptors (Lipinski definition) is 7. The summed E-state index contributed by atoms with van der Waals surface area (Å²) < 4.78 is 41.6. The molecule has 208 valence electrons. The summed E-state index contributed by atoms with van der Waals surface area (Å²) >= 11 is 5.71. The molecule has 41 heavy (non-hydrogen) atoms. The van der Waals surface area contributed by atoms with E-state index in [2.05, 4.69) is 20.7 Å². The number of aromatic nitrogens is 4. The zero-order valence-electron chi connectivity index (χ0n) is 21.8. The summed E-state index contributed by atoms with van der Waals surface area (Å²) in [4.78, 5) is 28.8. The third-order valence-corrected chi connectivity index (χ3v) is 7.04. The summed E-state index contributed by atoms with van der Waals surface area (Å²) in [5.74, 6) is 1.20. The minimum Gasteiger partial charge on any atom is -0.322 e. The number of fused-ring (bicyclic) bond motifs is 3. The fraction of sp³-hybridized carbons (Fsp3) is 0.179. The van der Waals surface area contributed by atoms with E-state index in [0.29, 0.717) is 24.7 Å². The van der Waals surface area contributed by atoms with Crippen LogP contribution in [0.15, 0.2) is 60.0 Å². The molecule has 0 radical (unpaired) electrons. The van der Waals surface area contributed by atoms with Gasteiger partial charge in [0.05, 0.1) is 29.0 Å². The van der Waals surface area contributed by atoms with Crippen LogP contribution >= 0.6 is 11.6 Å². The van der Waals surface area contributed by atoms with Crippen molar-refractivity contribution >= 4 is 58.1 Å². The number of carbonyl (C=O) groups excluding carboxylic acids is 1. The molecule has 0 saturated heterocycles.